The van der Waals surface area contributed by atoms with Crippen molar-refractivity contribution >= 4 is 16.6 Å². The van der Waals surface area contributed by atoms with Crippen molar-refractivity contribution in [1.29, 1.82) is 0 Å². The Kier molecular flexibility index (Phi) is 4.46. The average Bonchev–Trinajstić information content (AvgIpc) is 3.12. The molecule has 0 bridgehead atoms. The van der Waals surface area contributed by atoms with E-state index < -0.39 is 0 Å². The zero-order chi connectivity index (χ0) is 17.2. The fourth-order valence-electron chi connectivity index (χ4n) is 3.32. The molecule has 6 nitrogen and oxygen atoms in total. The minimum absolute atomic E-state index is 0.0485. The highest BCUT2D eigenvalue weighted by molar-refractivity contribution is 5.82. The average molecular weight is 341 g/mol. The molecule has 2 aromatic heterocycles. The summed E-state index contributed by atoms with van der Waals surface area (Å²) >= 11 is 0. The van der Waals surface area contributed by atoms with E-state index in [-0.39, 0.29) is 6.10 Å². The Labute approximate surface area is 146 Å². The van der Waals surface area contributed by atoms with Crippen molar-refractivity contribution in [1.82, 2.24) is 14.3 Å². The number of fused-ring (bicyclic) bond motifs is 3. The van der Waals surface area contributed by atoms with Crippen LogP contribution in [0.1, 0.15) is 6.92 Å². The van der Waals surface area contributed by atoms with Crippen LogP contribution in [0.25, 0.3) is 16.6 Å². The number of rotatable bonds is 5. The zero-order valence-corrected chi connectivity index (χ0v) is 14.6. The van der Waals surface area contributed by atoms with Crippen LogP contribution in [0, 0.1) is 0 Å². The van der Waals surface area contributed by atoms with Crippen LogP contribution in [0.3, 0.4) is 0 Å². The lowest BCUT2D eigenvalue weighted by Gasteiger charge is -2.29. The molecular formula is C19H23N3O3. The number of ether oxygens (including phenoxy) is 3. The largest absolute Gasteiger partial charge is 0.497 e. The Morgan fingerprint density at radius 3 is 2.84 bits per heavy atom. The Bertz CT molecular complexity index is 871. The van der Waals surface area contributed by atoms with Gasteiger partial charge in [-0.05, 0) is 31.2 Å². The number of nitrogens with zero attached hydrogens (tertiary/aromatic N) is 3. The van der Waals surface area contributed by atoms with Gasteiger partial charge in [0.1, 0.15) is 17.4 Å². The van der Waals surface area contributed by atoms with E-state index in [1.165, 1.54) is 0 Å². The molecule has 1 fully saturated rings. The summed E-state index contributed by atoms with van der Waals surface area (Å²) in [5.41, 5.74) is 2.87. The van der Waals surface area contributed by atoms with E-state index in [9.17, 15) is 0 Å². The Morgan fingerprint density at radius 2 is 2.04 bits per heavy atom. The van der Waals surface area contributed by atoms with Gasteiger partial charge in [-0.1, -0.05) is 0 Å². The molecule has 0 amide bonds. The summed E-state index contributed by atoms with van der Waals surface area (Å²) in [4.78, 5) is 7.12. The lowest BCUT2D eigenvalue weighted by atomic mass is 10.2. The molecule has 1 aromatic carbocycles. The van der Waals surface area contributed by atoms with E-state index in [1.807, 2.05) is 36.5 Å². The van der Waals surface area contributed by atoms with Crippen molar-refractivity contribution in [3.8, 4) is 11.6 Å². The predicted octanol–water partition coefficient (Wildman–Crippen LogP) is 2.60. The lowest BCUT2D eigenvalue weighted by Crippen LogP contribution is -2.41. The van der Waals surface area contributed by atoms with Crippen molar-refractivity contribution in [2.24, 2.45) is 0 Å². The zero-order valence-electron chi connectivity index (χ0n) is 14.6. The molecule has 1 unspecified atom stereocenters. The normalized spacial score (nSPS) is 17.0. The van der Waals surface area contributed by atoms with E-state index in [0.717, 1.165) is 55.1 Å². The first-order chi connectivity index (χ1) is 12.2. The molecule has 0 radical (unpaired) electrons. The first-order valence-corrected chi connectivity index (χ1v) is 8.66. The third-order valence-electron chi connectivity index (χ3n) is 4.56. The van der Waals surface area contributed by atoms with Crippen molar-refractivity contribution in [2.75, 3.05) is 40.0 Å². The van der Waals surface area contributed by atoms with Gasteiger partial charge in [0.15, 0.2) is 0 Å². The van der Waals surface area contributed by atoms with Crippen LogP contribution in [-0.2, 0) is 4.74 Å². The van der Waals surface area contributed by atoms with Crippen LogP contribution >= 0.6 is 0 Å². The lowest BCUT2D eigenvalue weighted by molar-refractivity contribution is 0.0215. The van der Waals surface area contributed by atoms with Gasteiger partial charge in [-0.15, -0.1) is 0 Å². The molecule has 3 heterocycles. The number of hydrogen-bond acceptors (Lipinski definition) is 5. The molecule has 1 saturated heterocycles. The number of hydrogen-bond donors (Lipinski definition) is 0. The highest BCUT2D eigenvalue weighted by atomic mass is 16.5. The van der Waals surface area contributed by atoms with Crippen LogP contribution in [0.2, 0.25) is 0 Å². The Balaban J connectivity index is 1.63. The molecule has 0 aliphatic carbocycles. The number of methoxy groups -OCH3 is 1. The summed E-state index contributed by atoms with van der Waals surface area (Å²) in [6, 6.07) is 9.96. The smallest absolute Gasteiger partial charge is 0.239 e. The molecule has 3 aromatic rings. The van der Waals surface area contributed by atoms with Gasteiger partial charge in [-0.3, -0.25) is 4.90 Å². The third kappa shape index (κ3) is 3.27. The van der Waals surface area contributed by atoms with Crippen molar-refractivity contribution in [2.45, 2.75) is 13.0 Å². The SMILES string of the molecule is COc1ccc2c(c1)nc(OC(C)CN1CCOCC1)c1cccn12. The minimum atomic E-state index is 0.0485. The summed E-state index contributed by atoms with van der Waals surface area (Å²) in [7, 11) is 1.66. The number of morpholine rings is 1. The second kappa shape index (κ2) is 6.90. The summed E-state index contributed by atoms with van der Waals surface area (Å²) < 4.78 is 19.1. The summed E-state index contributed by atoms with van der Waals surface area (Å²) in [6.07, 6.45) is 2.08. The minimum Gasteiger partial charge on any atom is -0.497 e. The van der Waals surface area contributed by atoms with Crippen LogP contribution < -0.4 is 9.47 Å². The van der Waals surface area contributed by atoms with Crippen molar-refractivity contribution < 1.29 is 14.2 Å². The van der Waals surface area contributed by atoms with Crippen LogP contribution in [-0.4, -0.2) is 60.3 Å². The van der Waals surface area contributed by atoms with Gasteiger partial charge < -0.3 is 18.6 Å². The van der Waals surface area contributed by atoms with Gasteiger partial charge in [0.2, 0.25) is 5.88 Å². The molecule has 25 heavy (non-hydrogen) atoms. The molecule has 1 aliphatic rings. The van der Waals surface area contributed by atoms with Crippen LogP contribution in [0.5, 0.6) is 11.6 Å². The summed E-state index contributed by atoms with van der Waals surface area (Å²) in [6.45, 7) is 6.46. The van der Waals surface area contributed by atoms with E-state index in [2.05, 4.69) is 16.2 Å². The first kappa shape index (κ1) is 16.2. The fourth-order valence-corrected chi connectivity index (χ4v) is 3.32. The maximum Gasteiger partial charge on any atom is 0.239 e. The maximum absolute atomic E-state index is 6.22. The van der Waals surface area contributed by atoms with Crippen molar-refractivity contribution in [3.05, 3.63) is 36.5 Å². The Morgan fingerprint density at radius 1 is 1.20 bits per heavy atom. The van der Waals surface area contributed by atoms with Crippen LogP contribution in [0.15, 0.2) is 36.5 Å². The van der Waals surface area contributed by atoms with Gasteiger partial charge in [0.05, 0.1) is 31.4 Å². The molecule has 0 N–H and O–H groups in total. The molecule has 4 rings (SSSR count). The highest BCUT2D eigenvalue weighted by Gasteiger charge is 2.17. The molecule has 6 heteroatoms. The van der Waals surface area contributed by atoms with Gasteiger partial charge in [0, 0.05) is 31.9 Å². The Hall–Kier alpha value is -2.31. The second-order valence-electron chi connectivity index (χ2n) is 6.38. The van der Waals surface area contributed by atoms with Gasteiger partial charge in [-0.2, -0.15) is 0 Å². The molecule has 1 aliphatic heterocycles. The molecular weight excluding hydrogens is 318 g/mol. The maximum atomic E-state index is 6.22. The third-order valence-corrected chi connectivity index (χ3v) is 4.56. The van der Waals surface area contributed by atoms with E-state index in [1.54, 1.807) is 7.11 Å². The molecule has 132 valence electrons. The van der Waals surface area contributed by atoms with Gasteiger partial charge >= 0.3 is 0 Å². The topological polar surface area (TPSA) is 48.2 Å². The highest BCUT2D eigenvalue weighted by Crippen LogP contribution is 2.27. The predicted molar refractivity (Wildman–Crippen MR) is 96.6 cm³/mol. The fraction of sp³-hybridized carbons (Fsp3) is 0.421. The first-order valence-electron chi connectivity index (χ1n) is 8.66. The second-order valence-corrected chi connectivity index (χ2v) is 6.38. The number of benzene rings is 1. The molecule has 0 spiro atoms. The van der Waals surface area contributed by atoms with Crippen LogP contribution in [0.4, 0.5) is 0 Å². The van der Waals surface area contributed by atoms with Gasteiger partial charge in [-0.25, -0.2) is 4.98 Å². The monoisotopic (exact) mass is 341 g/mol. The summed E-state index contributed by atoms with van der Waals surface area (Å²) in [5, 5.41) is 0. The number of aromatic nitrogens is 2. The van der Waals surface area contributed by atoms with E-state index in [0.29, 0.717) is 5.88 Å². The molecule has 0 saturated carbocycles. The standard InChI is InChI=1S/C19H23N3O3/c1-14(13-21-8-10-24-11-9-21)25-19-18-4-3-7-22(18)17-6-5-15(23-2)12-16(17)20-19/h3-7,12,14H,8-11,13H2,1-2H3. The molecule has 1 atom stereocenters. The summed E-state index contributed by atoms with van der Waals surface area (Å²) in [5.74, 6) is 1.45. The van der Waals surface area contributed by atoms with Gasteiger partial charge in [0.25, 0.3) is 0 Å². The van der Waals surface area contributed by atoms with Crippen molar-refractivity contribution in [3.63, 3.8) is 0 Å². The van der Waals surface area contributed by atoms with E-state index >= 15 is 0 Å². The van der Waals surface area contributed by atoms with E-state index in [4.69, 9.17) is 19.2 Å². The quantitative estimate of drug-likeness (QED) is 0.714.